The topological polar surface area (TPSA) is 30.5 Å². The molecule has 3 nitrogen and oxygen atoms in total. The van der Waals surface area contributed by atoms with Crippen molar-refractivity contribution in [2.45, 2.75) is 13.5 Å². The maximum Gasteiger partial charge on any atom is 0.121 e. The number of hydrogen-bond donors (Lipinski definition) is 1. The average molecular weight is 306 g/mol. The van der Waals surface area contributed by atoms with Gasteiger partial charge in [-0.3, -0.25) is 0 Å². The number of aryl methyl sites for hydroxylation is 1. The van der Waals surface area contributed by atoms with Crippen LogP contribution in [0.4, 0.5) is 5.69 Å². The Balaban J connectivity index is 1.95. The molecule has 0 aromatic heterocycles. The van der Waals surface area contributed by atoms with Crippen molar-refractivity contribution >= 4 is 17.3 Å². The van der Waals surface area contributed by atoms with E-state index >= 15 is 0 Å². The summed E-state index contributed by atoms with van der Waals surface area (Å²) >= 11 is 5.97. The molecule has 0 aliphatic rings. The number of halogens is 1. The molecule has 1 N–H and O–H groups in total. The third kappa shape index (κ3) is 4.96. The molecule has 2 aromatic carbocycles. The molecule has 0 bridgehead atoms. The van der Waals surface area contributed by atoms with Crippen LogP contribution in [0.1, 0.15) is 11.1 Å². The van der Waals surface area contributed by atoms with Gasteiger partial charge in [-0.05, 0) is 42.3 Å². The van der Waals surface area contributed by atoms with Crippen LogP contribution in [0.15, 0.2) is 42.5 Å². The third-order valence-electron chi connectivity index (χ3n) is 3.18. The Morgan fingerprint density at radius 2 is 1.95 bits per heavy atom. The van der Waals surface area contributed by atoms with E-state index in [0.717, 1.165) is 23.0 Å². The van der Waals surface area contributed by atoms with Crippen LogP contribution < -0.4 is 10.1 Å². The smallest absolute Gasteiger partial charge is 0.121 e. The zero-order valence-corrected chi connectivity index (χ0v) is 13.1. The van der Waals surface area contributed by atoms with E-state index in [1.54, 1.807) is 7.11 Å². The summed E-state index contributed by atoms with van der Waals surface area (Å²) < 4.78 is 10.6. The molecule has 0 saturated carbocycles. The molecule has 0 fully saturated rings. The summed E-state index contributed by atoms with van der Waals surface area (Å²) in [6.07, 6.45) is 0. The number of benzene rings is 2. The van der Waals surface area contributed by atoms with E-state index in [-0.39, 0.29) is 0 Å². The largest absolute Gasteiger partial charge is 0.491 e. The predicted molar refractivity (Wildman–Crippen MR) is 87.3 cm³/mol. The minimum atomic E-state index is 0.552. The monoisotopic (exact) mass is 305 g/mol. The highest BCUT2D eigenvalue weighted by atomic mass is 35.5. The van der Waals surface area contributed by atoms with E-state index in [4.69, 9.17) is 21.1 Å². The molecule has 0 amide bonds. The Morgan fingerprint density at radius 1 is 1.10 bits per heavy atom. The molecule has 0 unspecified atom stereocenters. The second kappa shape index (κ2) is 7.91. The first kappa shape index (κ1) is 15.7. The van der Waals surface area contributed by atoms with Crippen molar-refractivity contribution in [1.29, 1.82) is 0 Å². The highest BCUT2D eigenvalue weighted by molar-refractivity contribution is 6.30. The van der Waals surface area contributed by atoms with Crippen molar-refractivity contribution in [3.8, 4) is 5.75 Å². The number of hydrogen-bond acceptors (Lipinski definition) is 3. The molecule has 2 aromatic rings. The van der Waals surface area contributed by atoms with E-state index < -0.39 is 0 Å². The Kier molecular flexibility index (Phi) is 5.90. The summed E-state index contributed by atoms with van der Waals surface area (Å²) in [6, 6.07) is 13.9. The molecule has 112 valence electrons. The van der Waals surface area contributed by atoms with E-state index in [0.29, 0.717) is 13.2 Å². The van der Waals surface area contributed by atoms with Crippen LogP contribution in [0, 0.1) is 6.92 Å². The second-order valence-corrected chi connectivity index (χ2v) is 5.23. The molecule has 0 aliphatic heterocycles. The summed E-state index contributed by atoms with van der Waals surface area (Å²) in [5, 5.41) is 4.17. The highest BCUT2D eigenvalue weighted by Crippen LogP contribution is 2.20. The van der Waals surface area contributed by atoms with Crippen molar-refractivity contribution in [3.05, 3.63) is 58.6 Å². The molecule has 2 rings (SSSR count). The maximum atomic E-state index is 5.97. The van der Waals surface area contributed by atoms with Crippen LogP contribution in [0.2, 0.25) is 5.02 Å². The fraction of sp³-hybridized carbons (Fsp3) is 0.294. The van der Waals surface area contributed by atoms with Crippen LogP contribution in [-0.2, 0) is 11.3 Å². The van der Waals surface area contributed by atoms with Crippen LogP contribution in [0.3, 0.4) is 0 Å². The molecule has 21 heavy (non-hydrogen) atoms. The van der Waals surface area contributed by atoms with Gasteiger partial charge < -0.3 is 14.8 Å². The van der Waals surface area contributed by atoms with Gasteiger partial charge in [0.25, 0.3) is 0 Å². The van der Waals surface area contributed by atoms with Gasteiger partial charge in [0, 0.05) is 30.4 Å². The van der Waals surface area contributed by atoms with Crippen LogP contribution in [-0.4, -0.2) is 20.3 Å². The lowest BCUT2D eigenvalue weighted by molar-refractivity contribution is 0.146. The average Bonchev–Trinajstić information content (AvgIpc) is 2.47. The predicted octanol–water partition coefficient (Wildman–Crippen LogP) is 4.29. The van der Waals surface area contributed by atoms with Gasteiger partial charge in [0.1, 0.15) is 12.4 Å². The van der Waals surface area contributed by atoms with E-state index in [1.807, 2.05) is 42.5 Å². The lowest BCUT2D eigenvalue weighted by Gasteiger charge is -2.11. The molecule has 0 radical (unpaired) electrons. The first-order valence-corrected chi connectivity index (χ1v) is 7.27. The Labute approximate surface area is 130 Å². The zero-order chi connectivity index (χ0) is 15.1. The van der Waals surface area contributed by atoms with Crippen LogP contribution in [0.25, 0.3) is 0 Å². The first-order chi connectivity index (χ1) is 10.2. The normalized spacial score (nSPS) is 10.4. The Morgan fingerprint density at radius 3 is 2.71 bits per heavy atom. The van der Waals surface area contributed by atoms with Crippen LogP contribution >= 0.6 is 11.6 Å². The summed E-state index contributed by atoms with van der Waals surface area (Å²) in [7, 11) is 1.66. The van der Waals surface area contributed by atoms with Gasteiger partial charge in [-0.25, -0.2) is 0 Å². The number of anilines is 1. The Hall–Kier alpha value is -1.71. The van der Waals surface area contributed by atoms with Gasteiger partial charge in [0.05, 0.1) is 6.61 Å². The molecule has 0 atom stereocenters. The highest BCUT2D eigenvalue weighted by Gasteiger charge is 2.01. The SMILES string of the molecule is COCCOc1cccc(NCc2ccc(Cl)cc2C)c1. The summed E-state index contributed by atoms with van der Waals surface area (Å²) in [5.74, 6) is 0.838. The quantitative estimate of drug-likeness (QED) is 0.774. The van der Waals surface area contributed by atoms with Crippen molar-refractivity contribution in [2.24, 2.45) is 0 Å². The van der Waals surface area contributed by atoms with Gasteiger partial charge in [0.15, 0.2) is 0 Å². The maximum absolute atomic E-state index is 5.97. The Bertz CT molecular complexity index is 587. The molecular weight excluding hydrogens is 286 g/mol. The van der Waals surface area contributed by atoms with Crippen molar-refractivity contribution in [2.75, 3.05) is 25.6 Å². The zero-order valence-electron chi connectivity index (χ0n) is 12.4. The molecule has 0 saturated heterocycles. The lowest BCUT2D eigenvalue weighted by Crippen LogP contribution is -2.05. The fourth-order valence-corrected chi connectivity index (χ4v) is 2.22. The van der Waals surface area contributed by atoms with E-state index in [1.165, 1.54) is 11.1 Å². The minimum absolute atomic E-state index is 0.552. The number of ether oxygens (including phenoxy) is 2. The number of methoxy groups -OCH3 is 1. The van der Waals surface area contributed by atoms with Crippen molar-refractivity contribution < 1.29 is 9.47 Å². The van der Waals surface area contributed by atoms with Gasteiger partial charge >= 0.3 is 0 Å². The molecule has 0 spiro atoms. The summed E-state index contributed by atoms with van der Waals surface area (Å²) in [4.78, 5) is 0. The summed E-state index contributed by atoms with van der Waals surface area (Å²) in [5.41, 5.74) is 3.44. The first-order valence-electron chi connectivity index (χ1n) is 6.90. The second-order valence-electron chi connectivity index (χ2n) is 4.79. The third-order valence-corrected chi connectivity index (χ3v) is 3.41. The van der Waals surface area contributed by atoms with Gasteiger partial charge in [-0.2, -0.15) is 0 Å². The lowest BCUT2D eigenvalue weighted by atomic mass is 10.1. The van der Waals surface area contributed by atoms with Gasteiger partial charge in [-0.15, -0.1) is 0 Å². The van der Waals surface area contributed by atoms with Crippen LogP contribution in [0.5, 0.6) is 5.75 Å². The number of rotatable bonds is 7. The summed E-state index contributed by atoms with van der Waals surface area (Å²) in [6.45, 7) is 3.95. The molecule has 0 heterocycles. The molecule has 4 heteroatoms. The van der Waals surface area contributed by atoms with Gasteiger partial charge in [0.2, 0.25) is 0 Å². The minimum Gasteiger partial charge on any atom is -0.491 e. The van der Waals surface area contributed by atoms with E-state index in [9.17, 15) is 0 Å². The standard InChI is InChI=1S/C17H20ClNO2/c1-13-10-15(18)7-6-14(13)12-19-16-4-3-5-17(11-16)21-9-8-20-2/h3-7,10-11,19H,8-9,12H2,1-2H3. The van der Waals surface area contributed by atoms with Gasteiger partial charge in [-0.1, -0.05) is 23.7 Å². The molecular formula is C17H20ClNO2. The molecule has 0 aliphatic carbocycles. The van der Waals surface area contributed by atoms with Crippen molar-refractivity contribution in [1.82, 2.24) is 0 Å². The van der Waals surface area contributed by atoms with E-state index in [2.05, 4.69) is 12.2 Å². The fourth-order valence-electron chi connectivity index (χ4n) is 1.99. The number of nitrogens with one attached hydrogen (secondary N) is 1. The van der Waals surface area contributed by atoms with Crippen molar-refractivity contribution in [3.63, 3.8) is 0 Å².